The standard InChI is InChI=1S/C25H32N2O3/c1-30-22-9-7-20(8-10-22)25(29)21-11-15-27(16-12-21)23-13-14-26(18-24(23)28)17-19-5-3-2-4-6-19/h2-10,21,23-24,28H,11-18H2,1H3/t23-,24-/m0/s1. The van der Waals surface area contributed by atoms with E-state index in [9.17, 15) is 9.90 Å². The normalized spacial score (nSPS) is 23.9. The molecule has 0 saturated carbocycles. The maximum atomic E-state index is 12.8. The zero-order valence-electron chi connectivity index (χ0n) is 17.7. The molecule has 2 fully saturated rings. The minimum Gasteiger partial charge on any atom is -0.497 e. The number of methoxy groups -OCH3 is 1. The van der Waals surface area contributed by atoms with Crippen LogP contribution in [0.2, 0.25) is 0 Å². The highest BCUT2D eigenvalue weighted by molar-refractivity contribution is 5.98. The van der Waals surface area contributed by atoms with Gasteiger partial charge in [-0.2, -0.15) is 0 Å². The van der Waals surface area contributed by atoms with Gasteiger partial charge in [-0.3, -0.25) is 14.6 Å². The number of hydrogen-bond donors (Lipinski definition) is 1. The van der Waals surface area contributed by atoms with Crippen molar-refractivity contribution in [2.75, 3.05) is 33.3 Å². The first-order valence-corrected chi connectivity index (χ1v) is 11.0. The van der Waals surface area contributed by atoms with Crippen molar-refractivity contribution in [2.45, 2.75) is 38.0 Å². The van der Waals surface area contributed by atoms with Crippen molar-refractivity contribution in [1.82, 2.24) is 9.80 Å². The molecule has 0 unspecified atom stereocenters. The molecular weight excluding hydrogens is 376 g/mol. The highest BCUT2D eigenvalue weighted by Gasteiger charge is 2.35. The number of hydrogen-bond acceptors (Lipinski definition) is 5. The van der Waals surface area contributed by atoms with Crippen LogP contribution in [-0.4, -0.2) is 66.1 Å². The maximum absolute atomic E-state index is 12.8. The number of benzene rings is 2. The Hall–Kier alpha value is -2.21. The van der Waals surface area contributed by atoms with E-state index in [1.807, 2.05) is 30.3 Å². The third-order valence-electron chi connectivity index (χ3n) is 6.62. The summed E-state index contributed by atoms with van der Waals surface area (Å²) in [5.41, 5.74) is 2.06. The van der Waals surface area contributed by atoms with E-state index >= 15 is 0 Å². The maximum Gasteiger partial charge on any atom is 0.166 e. The molecule has 0 aromatic heterocycles. The lowest BCUT2D eigenvalue weighted by Gasteiger charge is -2.44. The Balaban J connectivity index is 1.27. The summed E-state index contributed by atoms with van der Waals surface area (Å²) in [6.45, 7) is 4.37. The Labute approximate surface area is 179 Å². The molecule has 0 aliphatic carbocycles. The molecule has 2 aromatic carbocycles. The SMILES string of the molecule is COc1ccc(C(=O)C2CCN([C@H]3CCN(Cc4ccccc4)C[C@@H]3O)CC2)cc1. The van der Waals surface area contributed by atoms with Crippen LogP contribution in [0.15, 0.2) is 54.6 Å². The van der Waals surface area contributed by atoms with E-state index < -0.39 is 0 Å². The number of rotatable bonds is 6. The molecule has 0 radical (unpaired) electrons. The van der Waals surface area contributed by atoms with Crippen molar-refractivity contribution >= 4 is 5.78 Å². The summed E-state index contributed by atoms with van der Waals surface area (Å²) in [6.07, 6.45) is 2.37. The van der Waals surface area contributed by atoms with Gasteiger partial charge in [0.05, 0.1) is 13.2 Å². The molecule has 0 amide bonds. The minimum atomic E-state index is -0.337. The zero-order valence-corrected chi connectivity index (χ0v) is 17.7. The first-order valence-electron chi connectivity index (χ1n) is 11.0. The highest BCUT2D eigenvalue weighted by atomic mass is 16.5. The Bertz CT molecular complexity index is 816. The van der Waals surface area contributed by atoms with E-state index in [1.165, 1.54) is 5.56 Å². The molecule has 5 heteroatoms. The monoisotopic (exact) mass is 408 g/mol. The molecule has 2 aliphatic heterocycles. The third-order valence-corrected chi connectivity index (χ3v) is 6.62. The molecule has 0 bridgehead atoms. The summed E-state index contributed by atoms with van der Waals surface area (Å²) < 4.78 is 5.18. The van der Waals surface area contributed by atoms with Gasteiger partial charge < -0.3 is 9.84 Å². The molecule has 0 spiro atoms. The van der Waals surface area contributed by atoms with E-state index in [2.05, 4.69) is 34.1 Å². The summed E-state index contributed by atoms with van der Waals surface area (Å²) in [6, 6.07) is 18.1. The van der Waals surface area contributed by atoms with Crippen LogP contribution < -0.4 is 4.74 Å². The molecular formula is C25H32N2O3. The fourth-order valence-electron chi connectivity index (χ4n) is 4.88. The first-order chi connectivity index (χ1) is 14.6. The number of ether oxygens (including phenoxy) is 1. The molecule has 2 atom stereocenters. The van der Waals surface area contributed by atoms with Crippen LogP contribution in [0.4, 0.5) is 0 Å². The molecule has 160 valence electrons. The molecule has 2 aromatic rings. The minimum absolute atomic E-state index is 0.0740. The first kappa shape index (κ1) is 21.0. The second kappa shape index (κ2) is 9.73. The second-order valence-electron chi connectivity index (χ2n) is 8.55. The summed E-state index contributed by atoms with van der Waals surface area (Å²) in [5.74, 6) is 1.08. The lowest BCUT2D eigenvalue weighted by atomic mass is 9.87. The molecule has 1 N–H and O–H groups in total. The lowest BCUT2D eigenvalue weighted by Crippen LogP contribution is -2.55. The van der Waals surface area contributed by atoms with E-state index in [4.69, 9.17) is 4.74 Å². The smallest absolute Gasteiger partial charge is 0.166 e. The second-order valence-corrected chi connectivity index (χ2v) is 8.55. The Morgan fingerprint density at radius 3 is 2.33 bits per heavy atom. The van der Waals surface area contributed by atoms with E-state index in [1.54, 1.807) is 7.11 Å². The number of likely N-dealkylation sites (tertiary alicyclic amines) is 2. The van der Waals surface area contributed by atoms with Gasteiger partial charge in [-0.1, -0.05) is 30.3 Å². The molecule has 5 nitrogen and oxygen atoms in total. The van der Waals surface area contributed by atoms with Crippen molar-refractivity contribution in [3.05, 3.63) is 65.7 Å². The summed E-state index contributed by atoms with van der Waals surface area (Å²) >= 11 is 0. The van der Waals surface area contributed by atoms with Gasteiger partial charge in [0.15, 0.2) is 5.78 Å². The van der Waals surface area contributed by atoms with Gasteiger partial charge in [0.2, 0.25) is 0 Å². The number of carbonyl (C=O) groups is 1. The molecule has 2 heterocycles. The topological polar surface area (TPSA) is 53.0 Å². The molecule has 30 heavy (non-hydrogen) atoms. The fourth-order valence-corrected chi connectivity index (χ4v) is 4.88. The summed E-state index contributed by atoms with van der Waals surface area (Å²) in [5, 5.41) is 10.8. The van der Waals surface area contributed by atoms with Crippen LogP contribution in [0.5, 0.6) is 5.75 Å². The van der Waals surface area contributed by atoms with Gasteiger partial charge in [0, 0.05) is 37.2 Å². The predicted molar refractivity (Wildman–Crippen MR) is 118 cm³/mol. The van der Waals surface area contributed by atoms with Crippen LogP contribution in [0.25, 0.3) is 0 Å². The Morgan fingerprint density at radius 2 is 1.70 bits per heavy atom. The number of aliphatic hydroxyl groups excluding tert-OH is 1. The zero-order chi connectivity index (χ0) is 20.9. The third kappa shape index (κ3) is 4.91. The number of carbonyl (C=O) groups excluding carboxylic acids is 1. The van der Waals surface area contributed by atoms with E-state index in [0.29, 0.717) is 6.54 Å². The molecule has 4 rings (SSSR count). The number of ketones is 1. The largest absolute Gasteiger partial charge is 0.497 e. The van der Waals surface area contributed by atoms with Gasteiger partial charge in [-0.15, -0.1) is 0 Å². The van der Waals surface area contributed by atoms with Gasteiger partial charge >= 0.3 is 0 Å². The van der Waals surface area contributed by atoms with Crippen LogP contribution in [-0.2, 0) is 6.54 Å². The predicted octanol–water partition coefficient (Wildman–Crippen LogP) is 3.23. The fraction of sp³-hybridized carbons (Fsp3) is 0.480. The molecule has 2 aliphatic rings. The van der Waals surface area contributed by atoms with Gasteiger partial charge in [0.1, 0.15) is 5.75 Å². The van der Waals surface area contributed by atoms with Crippen LogP contribution >= 0.6 is 0 Å². The number of aliphatic hydroxyl groups is 1. The van der Waals surface area contributed by atoms with Gasteiger partial charge in [-0.25, -0.2) is 0 Å². The number of nitrogens with zero attached hydrogens (tertiary/aromatic N) is 2. The highest BCUT2D eigenvalue weighted by Crippen LogP contribution is 2.27. The van der Waals surface area contributed by atoms with Crippen LogP contribution in [0.3, 0.4) is 0 Å². The number of piperidine rings is 2. The summed E-state index contributed by atoms with van der Waals surface area (Å²) in [7, 11) is 1.63. The summed E-state index contributed by atoms with van der Waals surface area (Å²) in [4.78, 5) is 17.6. The lowest BCUT2D eigenvalue weighted by molar-refractivity contribution is -0.0251. The average molecular weight is 409 g/mol. The Morgan fingerprint density at radius 1 is 1.00 bits per heavy atom. The molecule has 2 saturated heterocycles. The quantitative estimate of drug-likeness (QED) is 0.744. The van der Waals surface area contributed by atoms with E-state index in [-0.39, 0.29) is 23.8 Å². The van der Waals surface area contributed by atoms with Crippen molar-refractivity contribution < 1.29 is 14.6 Å². The van der Waals surface area contributed by atoms with E-state index in [0.717, 1.165) is 56.8 Å². The van der Waals surface area contributed by atoms with Crippen molar-refractivity contribution in [1.29, 1.82) is 0 Å². The van der Waals surface area contributed by atoms with Crippen molar-refractivity contribution in [3.8, 4) is 5.75 Å². The van der Waals surface area contributed by atoms with Crippen molar-refractivity contribution in [3.63, 3.8) is 0 Å². The van der Waals surface area contributed by atoms with Gasteiger partial charge in [0.25, 0.3) is 0 Å². The number of β-amino-alcohol motifs (C(OH)–C–C–N with tert-alkyl or cyclic N) is 1. The van der Waals surface area contributed by atoms with Gasteiger partial charge in [-0.05, 0) is 62.2 Å². The number of Topliss-reactive ketones (excluding diaryl/α,β-unsaturated/α-hetero) is 1. The Kier molecular flexibility index (Phi) is 6.82. The van der Waals surface area contributed by atoms with Crippen molar-refractivity contribution in [2.24, 2.45) is 5.92 Å². The average Bonchev–Trinajstić information content (AvgIpc) is 2.80. The van der Waals surface area contributed by atoms with Crippen LogP contribution in [0.1, 0.15) is 35.2 Å². The van der Waals surface area contributed by atoms with Crippen LogP contribution in [0, 0.1) is 5.92 Å².